The largest absolute Gasteiger partial charge is 0.322 e. The van der Waals surface area contributed by atoms with Crippen molar-refractivity contribution in [3.05, 3.63) is 59.4 Å². The number of pyridine rings is 1. The maximum atomic E-state index is 13.0. The van der Waals surface area contributed by atoms with Crippen molar-refractivity contribution >= 4 is 11.6 Å². The van der Waals surface area contributed by atoms with Gasteiger partial charge in [0.25, 0.3) is 5.91 Å². The van der Waals surface area contributed by atoms with E-state index in [-0.39, 0.29) is 5.56 Å². The summed E-state index contributed by atoms with van der Waals surface area (Å²) in [5.74, 6) is -2.61. The fraction of sp³-hybridized carbons (Fsp3) is 0.250. The first-order valence-corrected chi connectivity index (χ1v) is 6.82. The molecule has 5 heteroatoms. The van der Waals surface area contributed by atoms with Crippen LogP contribution in [0.25, 0.3) is 0 Å². The fourth-order valence-electron chi connectivity index (χ4n) is 1.93. The van der Waals surface area contributed by atoms with Crippen molar-refractivity contribution in [1.29, 1.82) is 0 Å². The Morgan fingerprint density at radius 1 is 1.14 bits per heavy atom. The Labute approximate surface area is 122 Å². The number of unbranched alkanes of at least 4 members (excludes halogenated alkanes) is 1. The molecule has 1 N–H and O–H groups in total. The van der Waals surface area contributed by atoms with Gasteiger partial charge in [-0.25, -0.2) is 0 Å². The second-order valence-electron chi connectivity index (χ2n) is 4.76. The molecule has 21 heavy (non-hydrogen) atoms. The van der Waals surface area contributed by atoms with Crippen LogP contribution in [0.15, 0.2) is 36.4 Å². The van der Waals surface area contributed by atoms with E-state index in [1.807, 2.05) is 12.1 Å². The van der Waals surface area contributed by atoms with Gasteiger partial charge >= 0.3 is 0 Å². The van der Waals surface area contributed by atoms with Gasteiger partial charge in [0.1, 0.15) is 0 Å². The van der Waals surface area contributed by atoms with E-state index in [0.717, 1.165) is 31.4 Å². The molecule has 1 aromatic heterocycles. The molecule has 3 nitrogen and oxygen atoms in total. The Balaban J connectivity index is 2.05. The van der Waals surface area contributed by atoms with Gasteiger partial charge < -0.3 is 5.32 Å². The second kappa shape index (κ2) is 6.92. The van der Waals surface area contributed by atoms with Crippen LogP contribution in [-0.2, 0) is 6.42 Å². The van der Waals surface area contributed by atoms with Crippen LogP contribution in [0.3, 0.4) is 0 Å². The van der Waals surface area contributed by atoms with Crippen LogP contribution < -0.4 is 5.32 Å². The number of halogens is 2. The Kier molecular flexibility index (Phi) is 4.98. The van der Waals surface area contributed by atoms with E-state index in [1.54, 1.807) is 12.1 Å². The lowest BCUT2D eigenvalue weighted by molar-refractivity contribution is 0.102. The van der Waals surface area contributed by atoms with Crippen molar-refractivity contribution < 1.29 is 13.6 Å². The number of nitrogens with zero attached hydrogens (tertiary/aromatic N) is 1. The summed E-state index contributed by atoms with van der Waals surface area (Å²) in [4.78, 5) is 14.9. The van der Waals surface area contributed by atoms with Gasteiger partial charge in [-0.05, 0) is 30.5 Å². The summed E-state index contributed by atoms with van der Waals surface area (Å²) >= 11 is 0. The van der Waals surface area contributed by atoms with Gasteiger partial charge in [0.15, 0.2) is 0 Å². The van der Waals surface area contributed by atoms with Crippen molar-refractivity contribution in [1.82, 2.24) is 4.98 Å². The minimum absolute atomic E-state index is 0.102. The Morgan fingerprint density at radius 3 is 2.33 bits per heavy atom. The predicted octanol–water partition coefficient (Wildman–Crippen LogP) is 3.95. The van der Waals surface area contributed by atoms with E-state index in [0.29, 0.717) is 5.69 Å². The van der Waals surface area contributed by atoms with Crippen molar-refractivity contribution in [3.8, 4) is 0 Å². The van der Waals surface area contributed by atoms with E-state index in [2.05, 4.69) is 17.2 Å². The average Bonchev–Trinajstić information content (AvgIpc) is 2.45. The highest BCUT2D eigenvalue weighted by atomic mass is 19.1. The molecule has 0 fully saturated rings. The minimum Gasteiger partial charge on any atom is -0.322 e. The Morgan fingerprint density at radius 2 is 1.76 bits per heavy atom. The van der Waals surface area contributed by atoms with E-state index in [4.69, 9.17) is 0 Å². The molecule has 0 spiro atoms. The number of nitrogens with one attached hydrogen (secondary N) is 1. The molecule has 0 atom stereocenters. The first kappa shape index (κ1) is 15.1. The third-order valence-electron chi connectivity index (χ3n) is 3.06. The Bertz CT molecular complexity index is 606. The first-order chi connectivity index (χ1) is 10.1. The highest BCUT2D eigenvalue weighted by molar-refractivity contribution is 6.04. The lowest BCUT2D eigenvalue weighted by Gasteiger charge is -2.07. The molecule has 2 rings (SSSR count). The van der Waals surface area contributed by atoms with Crippen LogP contribution in [0.5, 0.6) is 0 Å². The van der Waals surface area contributed by atoms with Gasteiger partial charge in [-0.2, -0.15) is 13.8 Å². The summed E-state index contributed by atoms with van der Waals surface area (Å²) < 4.78 is 25.9. The number of hydrogen-bond donors (Lipinski definition) is 1. The second-order valence-corrected chi connectivity index (χ2v) is 4.76. The average molecular weight is 290 g/mol. The molecule has 0 aliphatic rings. The normalized spacial score (nSPS) is 10.4. The predicted molar refractivity (Wildman–Crippen MR) is 77.2 cm³/mol. The van der Waals surface area contributed by atoms with Crippen LogP contribution in [0.1, 0.15) is 35.7 Å². The van der Waals surface area contributed by atoms with Crippen LogP contribution in [0, 0.1) is 11.9 Å². The van der Waals surface area contributed by atoms with Crippen LogP contribution in [0.4, 0.5) is 14.5 Å². The number of aryl methyl sites for hydroxylation is 1. The number of rotatable bonds is 5. The van der Waals surface area contributed by atoms with E-state index in [1.165, 1.54) is 5.56 Å². The molecule has 0 bridgehead atoms. The van der Waals surface area contributed by atoms with Gasteiger partial charge in [-0.1, -0.05) is 25.5 Å². The number of carbonyl (C=O) groups excluding carboxylic acids is 1. The fourth-order valence-corrected chi connectivity index (χ4v) is 1.93. The van der Waals surface area contributed by atoms with Gasteiger partial charge in [0.2, 0.25) is 11.9 Å². The third-order valence-corrected chi connectivity index (χ3v) is 3.06. The molecular weight excluding hydrogens is 274 g/mol. The smallest absolute Gasteiger partial charge is 0.255 e. The van der Waals surface area contributed by atoms with Crippen LogP contribution in [0.2, 0.25) is 0 Å². The topological polar surface area (TPSA) is 42.0 Å². The highest BCUT2D eigenvalue weighted by Gasteiger charge is 2.10. The maximum absolute atomic E-state index is 13.0. The van der Waals surface area contributed by atoms with Crippen LogP contribution >= 0.6 is 0 Å². The number of amides is 1. The number of aromatic nitrogens is 1. The third kappa shape index (κ3) is 4.34. The zero-order chi connectivity index (χ0) is 15.2. The van der Waals surface area contributed by atoms with Crippen molar-refractivity contribution in [3.63, 3.8) is 0 Å². The number of benzene rings is 1. The molecule has 110 valence electrons. The monoisotopic (exact) mass is 290 g/mol. The van der Waals surface area contributed by atoms with E-state index in [9.17, 15) is 13.6 Å². The quantitative estimate of drug-likeness (QED) is 0.847. The minimum atomic E-state index is -1.02. The standard InChI is InChI=1S/C16H16F2N2O/c1-2-3-4-11-5-7-13(8-6-11)19-16(21)12-9-14(17)20-15(18)10-12/h5-10H,2-4H2,1H3,(H,19,21). The molecule has 1 amide bonds. The number of anilines is 1. The molecule has 0 unspecified atom stereocenters. The lowest BCUT2D eigenvalue weighted by atomic mass is 10.1. The van der Waals surface area contributed by atoms with Gasteiger partial charge in [0.05, 0.1) is 0 Å². The maximum Gasteiger partial charge on any atom is 0.255 e. The van der Waals surface area contributed by atoms with Crippen molar-refractivity contribution in [2.75, 3.05) is 5.32 Å². The molecule has 0 aliphatic carbocycles. The summed E-state index contributed by atoms with van der Waals surface area (Å²) in [5.41, 5.74) is 1.67. The zero-order valence-electron chi connectivity index (χ0n) is 11.7. The highest BCUT2D eigenvalue weighted by Crippen LogP contribution is 2.13. The molecule has 2 aromatic rings. The van der Waals surface area contributed by atoms with Crippen molar-refractivity contribution in [2.24, 2.45) is 0 Å². The molecule has 0 aliphatic heterocycles. The molecule has 1 aromatic carbocycles. The molecule has 1 heterocycles. The Hall–Kier alpha value is -2.30. The molecule has 0 radical (unpaired) electrons. The van der Waals surface area contributed by atoms with E-state index >= 15 is 0 Å². The number of hydrogen-bond acceptors (Lipinski definition) is 2. The summed E-state index contributed by atoms with van der Waals surface area (Å²) in [6.07, 6.45) is 3.23. The van der Waals surface area contributed by atoms with Crippen LogP contribution in [-0.4, -0.2) is 10.9 Å². The summed E-state index contributed by atoms with van der Waals surface area (Å²) in [6.45, 7) is 2.13. The summed E-state index contributed by atoms with van der Waals surface area (Å²) in [5, 5.41) is 2.60. The van der Waals surface area contributed by atoms with Gasteiger partial charge in [-0.3, -0.25) is 4.79 Å². The zero-order valence-corrected chi connectivity index (χ0v) is 11.7. The number of carbonyl (C=O) groups is 1. The summed E-state index contributed by atoms with van der Waals surface area (Å²) in [6, 6.07) is 9.20. The summed E-state index contributed by atoms with van der Waals surface area (Å²) in [7, 11) is 0. The lowest BCUT2D eigenvalue weighted by Crippen LogP contribution is -2.13. The first-order valence-electron chi connectivity index (χ1n) is 6.82. The van der Waals surface area contributed by atoms with Gasteiger partial charge in [0, 0.05) is 23.4 Å². The molecular formula is C16H16F2N2O. The van der Waals surface area contributed by atoms with Gasteiger partial charge in [-0.15, -0.1) is 0 Å². The SMILES string of the molecule is CCCCc1ccc(NC(=O)c2cc(F)nc(F)c2)cc1. The van der Waals surface area contributed by atoms with E-state index < -0.39 is 17.8 Å². The van der Waals surface area contributed by atoms with Crippen molar-refractivity contribution in [2.45, 2.75) is 26.2 Å². The molecule has 0 saturated carbocycles. The molecule has 0 saturated heterocycles.